The Kier molecular flexibility index (Phi) is 4.86. The number of nitro benzene ring substituents is 1. The van der Waals surface area contributed by atoms with E-state index >= 15 is 0 Å². The molecule has 19 heavy (non-hydrogen) atoms. The normalized spacial score (nSPS) is 10.6. The molecule has 6 nitrogen and oxygen atoms in total. The summed E-state index contributed by atoms with van der Waals surface area (Å²) >= 11 is 0. The summed E-state index contributed by atoms with van der Waals surface area (Å²) in [7, 11) is 0. The molecule has 0 aliphatic heterocycles. The van der Waals surface area contributed by atoms with E-state index in [1.165, 1.54) is 18.2 Å². The summed E-state index contributed by atoms with van der Waals surface area (Å²) in [6.45, 7) is 7.21. The number of hydrogen-bond donors (Lipinski definition) is 1. The zero-order valence-corrected chi connectivity index (χ0v) is 11.5. The monoisotopic (exact) mass is 266 g/mol. The van der Waals surface area contributed by atoms with Gasteiger partial charge in [-0.2, -0.15) is 0 Å². The van der Waals surface area contributed by atoms with Crippen LogP contribution in [-0.4, -0.2) is 23.0 Å². The second kappa shape index (κ2) is 6.17. The number of nitrogens with zero attached hydrogens (tertiary/aromatic N) is 1. The van der Waals surface area contributed by atoms with E-state index < -0.39 is 10.9 Å². The van der Waals surface area contributed by atoms with E-state index in [9.17, 15) is 14.9 Å². The number of nitro groups is 1. The first kappa shape index (κ1) is 14.9. The van der Waals surface area contributed by atoms with Gasteiger partial charge in [0.05, 0.1) is 16.6 Å². The molecule has 0 saturated carbocycles. The molecular weight excluding hydrogens is 248 g/mol. The number of ether oxygens (including phenoxy) is 1. The first-order valence-corrected chi connectivity index (χ1v) is 6.07. The summed E-state index contributed by atoms with van der Waals surface area (Å²) in [5.74, 6) is -0.561. The maximum atomic E-state index is 11.7. The largest absolute Gasteiger partial charge is 0.459 e. The van der Waals surface area contributed by atoms with Gasteiger partial charge < -0.3 is 10.1 Å². The highest BCUT2D eigenvalue weighted by atomic mass is 16.6. The highest BCUT2D eigenvalue weighted by Crippen LogP contribution is 2.26. The van der Waals surface area contributed by atoms with Gasteiger partial charge in [0, 0.05) is 12.1 Å². The van der Waals surface area contributed by atoms with Gasteiger partial charge in [-0.1, -0.05) is 0 Å². The quantitative estimate of drug-likeness (QED) is 0.503. The third kappa shape index (κ3) is 4.24. The van der Waals surface area contributed by atoms with Crippen molar-refractivity contribution in [2.24, 2.45) is 0 Å². The van der Waals surface area contributed by atoms with E-state index in [1.807, 2.05) is 13.8 Å². The lowest BCUT2D eigenvalue weighted by molar-refractivity contribution is -0.384. The first-order valence-electron chi connectivity index (χ1n) is 6.07. The SMILES string of the molecule is CC(C)Nc1ccc(C(=O)OC(C)C)cc1[N+](=O)[O-]. The Balaban J connectivity index is 3.09. The molecule has 0 heterocycles. The van der Waals surface area contributed by atoms with Crippen molar-refractivity contribution in [3.8, 4) is 0 Å². The molecule has 0 aliphatic carbocycles. The van der Waals surface area contributed by atoms with Crippen LogP contribution in [0.2, 0.25) is 0 Å². The van der Waals surface area contributed by atoms with Crippen LogP contribution in [-0.2, 0) is 4.74 Å². The molecule has 0 radical (unpaired) electrons. The summed E-state index contributed by atoms with van der Waals surface area (Å²) < 4.78 is 5.01. The Labute approximate surface area is 111 Å². The van der Waals surface area contributed by atoms with Gasteiger partial charge in [-0.3, -0.25) is 10.1 Å². The number of rotatable bonds is 5. The summed E-state index contributed by atoms with van der Waals surface area (Å²) in [6, 6.07) is 4.33. The minimum Gasteiger partial charge on any atom is -0.459 e. The Morgan fingerprint density at radius 1 is 1.32 bits per heavy atom. The fourth-order valence-corrected chi connectivity index (χ4v) is 1.52. The Hall–Kier alpha value is -2.11. The fourth-order valence-electron chi connectivity index (χ4n) is 1.52. The molecule has 0 atom stereocenters. The standard InChI is InChI=1S/C13H18N2O4/c1-8(2)14-11-6-5-10(7-12(11)15(17)18)13(16)19-9(3)4/h5-9,14H,1-4H3. The highest BCUT2D eigenvalue weighted by molar-refractivity contribution is 5.91. The van der Waals surface area contributed by atoms with Crippen molar-refractivity contribution in [1.82, 2.24) is 0 Å². The lowest BCUT2D eigenvalue weighted by Crippen LogP contribution is -2.14. The average molecular weight is 266 g/mol. The number of carbonyl (C=O) groups excluding carboxylic acids is 1. The van der Waals surface area contributed by atoms with Crippen LogP contribution in [0.5, 0.6) is 0 Å². The predicted molar refractivity (Wildman–Crippen MR) is 72.4 cm³/mol. The van der Waals surface area contributed by atoms with Gasteiger partial charge in [-0.15, -0.1) is 0 Å². The Morgan fingerprint density at radius 2 is 1.95 bits per heavy atom. The van der Waals surface area contributed by atoms with E-state index in [2.05, 4.69) is 5.32 Å². The predicted octanol–water partition coefficient (Wildman–Crippen LogP) is 2.98. The van der Waals surface area contributed by atoms with Gasteiger partial charge in [0.15, 0.2) is 0 Å². The Bertz CT molecular complexity index is 484. The van der Waals surface area contributed by atoms with Gasteiger partial charge in [0.2, 0.25) is 0 Å². The van der Waals surface area contributed by atoms with Crippen LogP contribution in [0.15, 0.2) is 18.2 Å². The molecule has 1 rings (SSSR count). The van der Waals surface area contributed by atoms with Crippen LogP contribution in [0.4, 0.5) is 11.4 Å². The van der Waals surface area contributed by atoms with Crippen molar-refractivity contribution >= 4 is 17.3 Å². The number of esters is 1. The first-order chi connectivity index (χ1) is 8.81. The van der Waals surface area contributed by atoms with Crippen molar-refractivity contribution in [2.75, 3.05) is 5.32 Å². The van der Waals surface area contributed by atoms with E-state index in [0.717, 1.165) is 0 Å². The molecule has 0 aromatic heterocycles. The molecule has 1 aromatic carbocycles. The van der Waals surface area contributed by atoms with Crippen LogP contribution in [0.3, 0.4) is 0 Å². The number of nitrogens with one attached hydrogen (secondary N) is 1. The second-order valence-electron chi connectivity index (χ2n) is 4.74. The van der Waals surface area contributed by atoms with E-state index in [0.29, 0.717) is 5.69 Å². The van der Waals surface area contributed by atoms with Crippen LogP contribution in [0.25, 0.3) is 0 Å². The molecule has 0 spiro atoms. The second-order valence-corrected chi connectivity index (χ2v) is 4.74. The van der Waals surface area contributed by atoms with E-state index in [1.54, 1.807) is 13.8 Å². The average Bonchev–Trinajstić information content (AvgIpc) is 2.27. The maximum absolute atomic E-state index is 11.7. The van der Waals surface area contributed by atoms with Crippen molar-refractivity contribution in [3.63, 3.8) is 0 Å². The molecule has 1 aromatic rings. The molecular formula is C13H18N2O4. The van der Waals surface area contributed by atoms with Crippen LogP contribution < -0.4 is 5.32 Å². The molecule has 0 aliphatic rings. The topological polar surface area (TPSA) is 81.5 Å². The zero-order valence-electron chi connectivity index (χ0n) is 11.5. The maximum Gasteiger partial charge on any atom is 0.338 e. The molecule has 104 valence electrons. The van der Waals surface area contributed by atoms with Gasteiger partial charge >= 0.3 is 5.97 Å². The lowest BCUT2D eigenvalue weighted by Gasteiger charge is -2.12. The number of benzene rings is 1. The van der Waals surface area contributed by atoms with Crippen molar-refractivity contribution in [1.29, 1.82) is 0 Å². The third-order valence-corrected chi connectivity index (χ3v) is 2.22. The zero-order chi connectivity index (χ0) is 14.6. The van der Waals surface area contributed by atoms with E-state index in [-0.39, 0.29) is 23.4 Å². The summed E-state index contributed by atoms with van der Waals surface area (Å²) in [4.78, 5) is 22.2. The van der Waals surface area contributed by atoms with Crippen LogP contribution in [0, 0.1) is 10.1 Å². The summed E-state index contributed by atoms with van der Waals surface area (Å²) in [6.07, 6.45) is -0.264. The molecule has 0 unspecified atom stereocenters. The van der Waals surface area contributed by atoms with Gasteiger partial charge in [-0.25, -0.2) is 4.79 Å². The summed E-state index contributed by atoms with van der Waals surface area (Å²) in [5.41, 5.74) is 0.433. The van der Waals surface area contributed by atoms with Crippen LogP contribution in [0.1, 0.15) is 38.1 Å². The third-order valence-electron chi connectivity index (χ3n) is 2.22. The Morgan fingerprint density at radius 3 is 2.42 bits per heavy atom. The fraction of sp³-hybridized carbons (Fsp3) is 0.462. The highest BCUT2D eigenvalue weighted by Gasteiger charge is 2.19. The van der Waals surface area contributed by atoms with Crippen LogP contribution >= 0.6 is 0 Å². The smallest absolute Gasteiger partial charge is 0.338 e. The minimum absolute atomic E-state index is 0.0622. The molecule has 1 N–H and O–H groups in total. The molecule has 0 fully saturated rings. The number of hydrogen-bond acceptors (Lipinski definition) is 5. The number of carbonyl (C=O) groups is 1. The summed E-state index contributed by atoms with van der Waals surface area (Å²) in [5, 5.41) is 14.0. The van der Waals surface area contributed by atoms with E-state index in [4.69, 9.17) is 4.74 Å². The van der Waals surface area contributed by atoms with Gasteiger partial charge in [0.1, 0.15) is 5.69 Å². The van der Waals surface area contributed by atoms with Gasteiger partial charge in [-0.05, 0) is 39.8 Å². The minimum atomic E-state index is -0.561. The molecule has 0 amide bonds. The lowest BCUT2D eigenvalue weighted by atomic mass is 10.1. The van der Waals surface area contributed by atoms with Crippen molar-refractivity contribution in [2.45, 2.75) is 39.8 Å². The molecule has 0 bridgehead atoms. The van der Waals surface area contributed by atoms with Gasteiger partial charge in [0.25, 0.3) is 5.69 Å². The molecule has 0 saturated heterocycles. The number of anilines is 1. The molecule has 6 heteroatoms. The van der Waals surface area contributed by atoms with Crippen molar-refractivity contribution in [3.05, 3.63) is 33.9 Å². The van der Waals surface area contributed by atoms with Crippen molar-refractivity contribution < 1.29 is 14.5 Å².